The molecule has 0 heterocycles. The van der Waals surface area contributed by atoms with Crippen LogP contribution in [0.4, 0.5) is 0 Å². The fourth-order valence-electron chi connectivity index (χ4n) is 8.55. The molecule has 0 aliphatic heterocycles. The van der Waals surface area contributed by atoms with Gasteiger partial charge < -0.3 is 14.2 Å². The summed E-state index contributed by atoms with van der Waals surface area (Å²) in [6, 6.07) is 0. The van der Waals surface area contributed by atoms with Gasteiger partial charge in [0.25, 0.3) is 0 Å². The van der Waals surface area contributed by atoms with Crippen LogP contribution in [-0.4, -0.2) is 37.2 Å². The maximum Gasteiger partial charge on any atom is 0.306 e. The van der Waals surface area contributed by atoms with Gasteiger partial charge in [-0.05, 0) is 83.5 Å². The molecule has 6 heteroatoms. The van der Waals surface area contributed by atoms with Crippen molar-refractivity contribution in [1.82, 2.24) is 0 Å². The molecule has 0 spiro atoms. The summed E-state index contributed by atoms with van der Waals surface area (Å²) in [5.74, 6) is -0.907. The van der Waals surface area contributed by atoms with Crippen molar-refractivity contribution >= 4 is 17.9 Å². The number of hydrogen-bond donors (Lipinski definition) is 0. The number of carbonyl (C=O) groups excluding carboxylic acids is 3. The van der Waals surface area contributed by atoms with Crippen LogP contribution in [-0.2, 0) is 28.6 Å². The highest BCUT2D eigenvalue weighted by Gasteiger charge is 2.19. The smallest absolute Gasteiger partial charge is 0.306 e. The van der Waals surface area contributed by atoms with E-state index in [9.17, 15) is 14.4 Å². The molecular formula is C63H112O6. The molecule has 0 radical (unpaired) electrons. The largest absolute Gasteiger partial charge is 0.462 e. The zero-order valence-electron chi connectivity index (χ0n) is 45.8. The molecule has 1 unspecified atom stereocenters. The Hall–Kier alpha value is -2.89. The number of esters is 3. The van der Waals surface area contributed by atoms with Gasteiger partial charge in [0.05, 0.1) is 0 Å². The van der Waals surface area contributed by atoms with Gasteiger partial charge in [-0.15, -0.1) is 0 Å². The summed E-state index contributed by atoms with van der Waals surface area (Å²) in [6.07, 6.45) is 72.1. The second-order valence-corrected chi connectivity index (χ2v) is 19.9. The number of carbonyl (C=O) groups is 3. The van der Waals surface area contributed by atoms with Crippen molar-refractivity contribution in [2.45, 2.75) is 309 Å². The second-order valence-electron chi connectivity index (χ2n) is 19.9. The fourth-order valence-corrected chi connectivity index (χ4v) is 8.55. The highest BCUT2D eigenvalue weighted by atomic mass is 16.6. The van der Waals surface area contributed by atoms with Crippen LogP contribution >= 0.6 is 0 Å². The van der Waals surface area contributed by atoms with E-state index in [1.54, 1.807) is 0 Å². The maximum atomic E-state index is 12.9. The van der Waals surface area contributed by atoms with E-state index in [0.717, 1.165) is 89.9 Å². The molecule has 6 nitrogen and oxygen atoms in total. The average molecular weight is 966 g/mol. The third kappa shape index (κ3) is 55.9. The molecule has 0 amide bonds. The lowest BCUT2D eigenvalue weighted by Gasteiger charge is -2.18. The lowest BCUT2D eigenvalue weighted by molar-refractivity contribution is -0.167. The van der Waals surface area contributed by atoms with Gasteiger partial charge in [0.15, 0.2) is 6.10 Å². The van der Waals surface area contributed by atoms with Gasteiger partial charge in [-0.1, -0.05) is 261 Å². The standard InChI is InChI=1S/C63H112O6/c1-4-7-10-13-16-19-22-25-28-31-32-33-36-38-41-44-47-50-53-56-62(65)68-59-60(69-63(66)57-54-51-48-45-42-39-35-30-27-24-21-18-15-12-9-6-3)58-67-61(64)55-52-49-46-43-40-37-34-29-26-23-20-17-14-11-8-5-2/h9,12,18,21,27,30-32,39,42,60H,4-8,10-11,13-17,19-20,22-26,28-29,33-38,40-41,43-59H2,1-3H3/b12-9-,21-18-,30-27-,32-31-,42-39-. The predicted molar refractivity (Wildman–Crippen MR) is 298 cm³/mol. The number of rotatable bonds is 54. The molecular weight excluding hydrogens is 853 g/mol. The molecule has 0 bridgehead atoms. The number of allylic oxidation sites excluding steroid dienone is 10. The van der Waals surface area contributed by atoms with Crippen molar-refractivity contribution in [3.05, 3.63) is 60.8 Å². The molecule has 0 aromatic heterocycles. The van der Waals surface area contributed by atoms with Gasteiger partial charge in [-0.25, -0.2) is 0 Å². The molecule has 0 aliphatic carbocycles. The average Bonchev–Trinajstić information content (AvgIpc) is 3.35. The number of hydrogen-bond acceptors (Lipinski definition) is 6. The highest BCUT2D eigenvalue weighted by molar-refractivity contribution is 5.71. The zero-order valence-corrected chi connectivity index (χ0v) is 45.8. The normalized spacial score (nSPS) is 12.4. The quantitative estimate of drug-likeness (QED) is 0.0262. The highest BCUT2D eigenvalue weighted by Crippen LogP contribution is 2.16. The first kappa shape index (κ1) is 66.1. The van der Waals surface area contributed by atoms with Crippen molar-refractivity contribution in [3.63, 3.8) is 0 Å². The van der Waals surface area contributed by atoms with Gasteiger partial charge in [0, 0.05) is 19.3 Å². The summed E-state index contributed by atoms with van der Waals surface area (Å²) in [5, 5.41) is 0. The van der Waals surface area contributed by atoms with E-state index in [0.29, 0.717) is 19.3 Å². The van der Waals surface area contributed by atoms with Crippen molar-refractivity contribution in [2.75, 3.05) is 13.2 Å². The SMILES string of the molecule is CC/C=C\C/C=C\C/C=C\C/C=C\CCCCCC(=O)OC(COC(=O)CCCCCCCCC/C=C\CCCCCCCCCC)COC(=O)CCCCCCCCCCCCCCCCCC. The van der Waals surface area contributed by atoms with Crippen LogP contribution in [0.3, 0.4) is 0 Å². The molecule has 0 aromatic rings. The Morgan fingerprint density at radius 2 is 0.565 bits per heavy atom. The van der Waals surface area contributed by atoms with E-state index in [4.69, 9.17) is 14.2 Å². The molecule has 0 aliphatic rings. The molecule has 0 fully saturated rings. The molecule has 69 heavy (non-hydrogen) atoms. The number of unbranched alkanes of at least 4 members (excludes halogenated alkanes) is 33. The summed E-state index contributed by atoms with van der Waals surface area (Å²) < 4.78 is 16.9. The van der Waals surface area contributed by atoms with E-state index in [-0.39, 0.29) is 31.1 Å². The summed E-state index contributed by atoms with van der Waals surface area (Å²) >= 11 is 0. The monoisotopic (exact) mass is 965 g/mol. The summed E-state index contributed by atoms with van der Waals surface area (Å²) in [4.78, 5) is 38.2. The first-order valence-corrected chi connectivity index (χ1v) is 29.8. The predicted octanol–water partition coefficient (Wildman–Crippen LogP) is 20.0. The summed E-state index contributed by atoms with van der Waals surface area (Å²) in [7, 11) is 0. The van der Waals surface area contributed by atoms with Gasteiger partial charge in [-0.2, -0.15) is 0 Å². The lowest BCUT2D eigenvalue weighted by atomic mass is 10.0. The fraction of sp³-hybridized carbons (Fsp3) is 0.794. The van der Waals surface area contributed by atoms with Crippen LogP contribution in [0.25, 0.3) is 0 Å². The van der Waals surface area contributed by atoms with Gasteiger partial charge >= 0.3 is 17.9 Å². The van der Waals surface area contributed by atoms with Gasteiger partial charge in [0.1, 0.15) is 13.2 Å². The summed E-state index contributed by atoms with van der Waals surface area (Å²) in [5.41, 5.74) is 0. The Kier molecular flexibility index (Phi) is 55.3. The minimum Gasteiger partial charge on any atom is -0.462 e. The minimum atomic E-state index is -0.791. The first-order chi connectivity index (χ1) is 34.0. The molecule has 400 valence electrons. The van der Waals surface area contributed by atoms with Crippen LogP contribution in [0.2, 0.25) is 0 Å². The Labute approximate surface area is 428 Å². The summed E-state index contributed by atoms with van der Waals surface area (Å²) in [6.45, 7) is 6.53. The Morgan fingerprint density at radius 1 is 0.304 bits per heavy atom. The van der Waals surface area contributed by atoms with Crippen LogP contribution in [0.5, 0.6) is 0 Å². The van der Waals surface area contributed by atoms with E-state index < -0.39 is 6.10 Å². The first-order valence-electron chi connectivity index (χ1n) is 29.8. The zero-order chi connectivity index (χ0) is 50.0. The molecule has 0 saturated carbocycles. The third-order valence-electron chi connectivity index (χ3n) is 13.0. The molecule has 0 N–H and O–H groups in total. The molecule has 0 rings (SSSR count). The van der Waals surface area contributed by atoms with E-state index >= 15 is 0 Å². The van der Waals surface area contributed by atoms with Crippen LogP contribution in [0, 0.1) is 0 Å². The third-order valence-corrected chi connectivity index (χ3v) is 13.0. The Bertz CT molecular complexity index is 1250. The van der Waals surface area contributed by atoms with Crippen molar-refractivity contribution in [3.8, 4) is 0 Å². The molecule has 0 saturated heterocycles. The van der Waals surface area contributed by atoms with Crippen molar-refractivity contribution in [2.24, 2.45) is 0 Å². The minimum absolute atomic E-state index is 0.0857. The molecule has 1 atom stereocenters. The maximum absolute atomic E-state index is 12.9. The second kappa shape index (κ2) is 57.7. The van der Waals surface area contributed by atoms with E-state index in [2.05, 4.69) is 81.5 Å². The van der Waals surface area contributed by atoms with Crippen LogP contribution in [0.1, 0.15) is 303 Å². The van der Waals surface area contributed by atoms with Crippen molar-refractivity contribution < 1.29 is 28.6 Å². The van der Waals surface area contributed by atoms with Crippen LogP contribution < -0.4 is 0 Å². The Balaban J connectivity index is 4.39. The van der Waals surface area contributed by atoms with Crippen LogP contribution in [0.15, 0.2) is 60.8 Å². The van der Waals surface area contributed by atoms with Gasteiger partial charge in [0.2, 0.25) is 0 Å². The van der Waals surface area contributed by atoms with E-state index in [1.165, 1.54) is 173 Å². The van der Waals surface area contributed by atoms with E-state index in [1.807, 2.05) is 0 Å². The Morgan fingerprint density at radius 3 is 0.913 bits per heavy atom. The van der Waals surface area contributed by atoms with Gasteiger partial charge in [-0.3, -0.25) is 14.4 Å². The van der Waals surface area contributed by atoms with Crippen molar-refractivity contribution in [1.29, 1.82) is 0 Å². The topological polar surface area (TPSA) is 78.9 Å². The molecule has 0 aromatic carbocycles. The number of ether oxygens (including phenoxy) is 3. The lowest BCUT2D eigenvalue weighted by Crippen LogP contribution is -2.30.